The van der Waals surface area contributed by atoms with E-state index < -0.39 is 10.0 Å². The minimum absolute atomic E-state index is 0.0446. The fourth-order valence-corrected chi connectivity index (χ4v) is 3.19. The zero-order chi connectivity index (χ0) is 13.9. The Hall–Kier alpha value is -1.60. The quantitative estimate of drug-likeness (QED) is 0.830. The Morgan fingerprint density at radius 2 is 2.21 bits per heavy atom. The number of hydrogen-bond donors (Lipinski definition) is 2. The minimum Gasteiger partial charge on any atom is -0.497 e. The molecule has 0 spiro atoms. The van der Waals surface area contributed by atoms with Crippen molar-refractivity contribution in [1.82, 2.24) is 10.0 Å². The number of carbonyl (C=O) groups is 1. The molecule has 2 rings (SSSR count). The topological polar surface area (TPSA) is 84.5 Å². The molecule has 0 aliphatic carbocycles. The van der Waals surface area contributed by atoms with E-state index in [9.17, 15) is 13.2 Å². The van der Waals surface area contributed by atoms with Crippen LogP contribution in [0.25, 0.3) is 0 Å². The molecule has 7 heteroatoms. The van der Waals surface area contributed by atoms with Crippen molar-refractivity contribution in [3.8, 4) is 5.75 Å². The van der Waals surface area contributed by atoms with E-state index in [0.717, 1.165) is 0 Å². The van der Waals surface area contributed by atoms with Gasteiger partial charge in [-0.15, -0.1) is 0 Å². The third-order valence-corrected chi connectivity index (χ3v) is 4.46. The van der Waals surface area contributed by atoms with E-state index in [1.54, 1.807) is 12.1 Å². The Balaban J connectivity index is 2.11. The maximum Gasteiger partial charge on any atom is 0.241 e. The molecule has 1 aliphatic heterocycles. The van der Waals surface area contributed by atoms with Crippen LogP contribution in [0.5, 0.6) is 5.75 Å². The molecule has 2 N–H and O–H groups in total. The summed E-state index contributed by atoms with van der Waals surface area (Å²) in [5, 5.41) is 2.64. The van der Waals surface area contributed by atoms with Gasteiger partial charge in [0, 0.05) is 25.1 Å². The van der Waals surface area contributed by atoms with Gasteiger partial charge in [-0.2, -0.15) is 0 Å². The maximum atomic E-state index is 12.2. The fourth-order valence-electron chi connectivity index (χ4n) is 1.89. The number of sulfonamides is 1. The molecule has 1 unspecified atom stereocenters. The van der Waals surface area contributed by atoms with E-state index in [0.29, 0.717) is 25.1 Å². The molecule has 19 heavy (non-hydrogen) atoms. The molecule has 1 aliphatic rings. The molecule has 0 saturated carbocycles. The fraction of sp³-hybridized carbons (Fsp3) is 0.417. The number of amides is 1. The van der Waals surface area contributed by atoms with E-state index in [-0.39, 0.29) is 16.8 Å². The molecule has 1 aromatic rings. The van der Waals surface area contributed by atoms with Crippen LogP contribution in [0.1, 0.15) is 12.8 Å². The van der Waals surface area contributed by atoms with Gasteiger partial charge in [0.2, 0.25) is 15.9 Å². The van der Waals surface area contributed by atoms with E-state index in [2.05, 4.69) is 10.0 Å². The summed E-state index contributed by atoms with van der Waals surface area (Å²) in [7, 11) is -2.11. The molecule has 1 heterocycles. The van der Waals surface area contributed by atoms with E-state index in [4.69, 9.17) is 4.74 Å². The molecule has 0 aromatic heterocycles. The normalized spacial score (nSPS) is 19.8. The smallest absolute Gasteiger partial charge is 0.241 e. The maximum absolute atomic E-state index is 12.2. The monoisotopic (exact) mass is 284 g/mol. The summed E-state index contributed by atoms with van der Waals surface area (Å²) in [5.41, 5.74) is 0. The molecule has 6 nitrogen and oxygen atoms in total. The standard InChI is InChI=1S/C12H16N2O4S/c1-18-10-3-2-4-11(7-10)19(16,17)14-9-5-6-12(15)13-8-9/h2-4,7,9,14H,5-6,8H2,1H3,(H,13,15). The Labute approximate surface area is 112 Å². The van der Waals surface area contributed by atoms with Gasteiger partial charge in [0.15, 0.2) is 0 Å². The summed E-state index contributed by atoms with van der Waals surface area (Å²) in [4.78, 5) is 11.2. The third kappa shape index (κ3) is 3.45. The van der Waals surface area contributed by atoms with Crippen LogP contribution in [0.4, 0.5) is 0 Å². The third-order valence-electron chi connectivity index (χ3n) is 2.94. The van der Waals surface area contributed by atoms with Gasteiger partial charge in [0.25, 0.3) is 0 Å². The highest BCUT2D eigenvalue weighted by molar-refractivity contribution is 7.89. The summed E-state index contributed by atoms with van der Waals surface area (Å²) in [6.07, 6.45) is 0.848. The lowest BCUT2D eigenvalue weighted by atomic mass is 10.1. The molecule has 1 fully saturated rings. The lowest BCUT2D eigenvalue weighted by molar-refractivity contribution is -0.122. The Bertz CT molecular complexity index is 561. The van der Waals surface area contributed by atoms with Crippen LogP contribution >= 0.6 is 0 Å². The highest BCUT2D eigenvalue weighted by Gasteiger charge is 2.24. The van der Waals surface area contributed by atoms with Crippen LogP contribution in [0.15, 0.2) is 29.2 Å². The second kappa shape index (κ2) is 5.58. The van der Waals surface area contributed by atoms with Gasteiger partial charge in [-0.3, -0.25) is 4.79 Å². The van der Waals surface area contributed by atoms with E-state index >= 15 is 0 Å². The number of ether oxygens (including phenoxy) is 1. The van der Waals surface area contributed by atoms with Gasteiger partial charge in [0.05, 0.1) is 12.0 Å². The van der Waals surface area contributed by atoms with Crippen LogP contribution in [0, 0.1) is 0 Å². The highest BCUT2D eigenvalue weighted by Crippen LogP contribution is 2.17. The number of hydrogen-bond acceptors (Lipinski definition) is 4. The van der Waals surface area contributed by atoms with Gasteiger partial charge in [0.1, 0.15) is 5.75 Å². The van der Waals surface area contributed by atoms with E-state index in [1.807, 2.05) is 0 Å². The molecule has 104 valence electrons. The minimum atomic E-state index is -3.59. The summed E-state index contributed by atoms with van der Waals surface area (Å²) >= 11 is 0. The van der Waals surface area contributed by atoms with Gasteiger partial charge < -0.3 is 10.1 Å². The Morgan fingerprint density at radius 1 is 1.42 bits per heavy atom. The first-order valence-corrected chi connectivity index (χ1v) is 7.42. The van der Waals surface area contributed by atoms with Crippen molar-refractivity contribution in [2.24, 2.45) is 0 Å². The molecule has 1 amide bonds. The van der Waals surface area contributed by atoms with Crippen molar-refractivity contribution < 1.29 is 17.9 Å². The average molecular weight is 284 g/mol. The molecular formula is C12H16N2O4S. The van der Waals surface area contributed by atoms with Crippen molar-refractivity contribution in [2.45, 2.75) is 23.8 Å². The number of benzene rings is 1. The van der Waals surface area contributed by atoms with Gasteiger partial charge in [-0.25, -0.2) is 13.1 Å². The van der Waals surface area contributed by atoms with Crippen LogP contribution in [0.3, 0.4) is 0 Å². The zero-order valence-electron chi connectivity index (χ0n) is 10.5. The lowest BCUT2D eigenvalue weighted by Gasteiger charge is -2.23. The molecule has 1 saturated heterocycles. The van der Waals surface area contributed by atoms with Gasteiger partial charge in [-0.05, 0) is 18.6 Å². The predicted molar refractivity (Wildman–Crippen MR) is 69.3 cm³/mol. The number of rotatable bonds is 4. The largest absolute Gasteiger partial charge is 0.497 e. The predicted octanol–water partition coefficient (Wildman–Crippen LogP) is 0.252. The molecule has 0 bridgehead atoms. The number of methoxy groups -OCH3 is 1. The molecule has 0 radical (unpaired) electrons. The van der Waals surface area contributed by atoms with Crippen LogP contribution in [-0.4, -0.2) is 34.0 Å². The van der Waals surface area contributed by atoms with Crippen molar-refractivity contribution >= 4 is 15.9 Å². The van der Waals surface area contributed by atoms with Gasteiger partial charge in [-0.1, -0.05) is 6.07 Å². The highest BCUT2D eigenvalue weighted by atomic mass is 32.2. The summed E-state index contributed by atoms with van der Waals surface area (Å²) in [6.45, 7) is 0.321. The molecular weight excluding hydrogens is 268 g/mol. The van der Waals surface area contributed by atoms with Gasteiger partial charge >= 0.3 is 0 Å². The second-order valence-electron chi connectivity index (χ2n) is 4.34. The average Bonchev–Trinajstić information content (AvgIpc) is 2.41. The van der Waals surface area contributed by atoms with Crippen molar-refractivity contribution in [3.05, 3.63) is 24.3 Å². The first-order valence-electron chi connectivity index (χ1n) is 5.94. The zero-order valence-corrected chi connectivity index (χ0v) is 11.4. The number of piperidine rings is 1. The molecule has 1 atom stereocenters. The number of carbonyl (C=O) groups excluding carboxylic acids is 1. The summed E-state index contributed by atoms with van der Waals surface area (Å²) in [6, 6.07) is 6.00. The van der Waals surface area contributed by atoms with Crippen LogP contribution in [0.2, 0.25) is 0 Å². The van der Waals surface area contributed by atoms with Crippen molar-refractivity contribution in [2.75, 3.05) is 13.7 Å². The lowest BCUT2D eigenvalue weighted by Crippen LogP contribution is -2.47. The first kappa shape index (κ1) is 13.8. The number of nitrogens with one attached hydrogen (secondary N) is 2. The summed E-state index contributed by atoms with van der Waals surface area (Å²) < 4.78 is 31.9. The SMILES string of the molecule is COc1cccc(S(=O)(=O)NC2CCC(=O)NC2)c1. The van der Waals surface area contributed by atoms with Crippen LogP contribution in [-0.2, 0) is 14.8 Å². The van der Waals surface area contributed by atoms with Crippen molar-refractivity contribution in [1.29, 1.82) is 0 Å². The Morgan fingerprint density at radius 3 is 2.84 bits per heavy atom. The Kier molecular flexibility index (Phi) is 4.06. The summed E-state index contributed by atoms with van der Waals surface area (Å²) in [5.74, 6) is 0.441. The van der Waals surface area contributed by atoms with E-state index in [1.165, 1.54) is 19.2 Å². The second-order valence-corrected chi connectivity index (χ2v) is 6.05. The van der Waals surface area contributed by atoms with Crippen LogP contribution < -0.4 is 14.8 Å². The molecule has 1 aromatic carbocycles. The van der Waals surface area contributed by atoms with Crippen molar-refractivity contribution in [3.63, 3.8) is 0 Å². The first-order chi connectivity index (χ1) is 9.01.